The summed E-state index contributed by atoms with van der Waals surface area (Å²) in [7, 11) is 0. The average molecular weight is 869 g/mol. The molecule has 0 bridgehead atoms. The lowest BCUT2D eigenvalue weighted by molar-refractivity contribution is 0.760. The van der Waals surface area contributed by atoms with Crippen molar-refractivity contribution >= 4 is 113 Å². The molecule has 6 heterocycles. The van der Waals surface area contributed by atoms with Gasteiger partial charge in [0.05, 0.1) is 89.9 Å². The van der Waals surface area contributed by atoms with Crippen LogP contribution < -0.4 is 0 Å². The Labute approximate surface area is 358 Å². The summed E-state index contributed by atoms with van der Waals surface area (Å²) < 4.78 is 3.68. The Balaban J connectivity index is 1.03. The summed E-state index contributed by atoms with van der Waals surface area (Å²) in [5.41, 5.74) is 10.7. The quantitative estimate of drug-likeness (QED) is 0.158. The van der Waals surface area contributed by atoms with E-state index in [-0.39, 0.29) is 20.1 Å². The largest absolute Gasteiger partial charge is 0.295 e. The van der Waals surface area contributed by atoms with Crippen molar-refractivity contribution in [2.45, 2.75) is 11.8 Å². The van der Waals surface area contributed by atoms with Crippen LogP contribution in [0.1, 0.15) is 23.0 Å². The fourth-order valence-electron chi connectivity index (χ4n) is 7.62. The Hall–Kier alpha value is -5.82. The zero-order valence-corrected chi connectivity index (χ0v) is 34.3. The highest BCUT2D eigenvalue weighted by molar-refractivity contribution is 7.08. The van der Waals surface area contributed by atoms with Crippen molar-refractivity contribution in [1.29, 1.82) is 10.5 Å². The second kappa shape index (κ2) is 14.5. The molecule has 0 amide bonds. The first-order valence-electron chi connectivity index (χ1n) is 17.7. The Morgan fingerprint density at radius 2 is 0.914 bits per heavy atom. The maximum absolute atomic E-state index is 10.6. The van der Waals surface area contributed by atoms with Gasteiger partial charge in [-0.25, -0.2) is 9.97 Å². The summed E-state index contributed by atoms with van der Waals surface area (Å²) in [6, 6.07) is 27.7. The monoisotopic (exact) mass is 866 g/mol. The van der Waals surface area contributed by atoms with Crippen molar-refractivity contribution in [2.75, 3.05) is 0 Å². The molecule has 278 valence electrons. The van der Waals surface area contributed by atoms with Gasteiger partial charge >= 0.3 is 0 Å². The maximum atomic E-state index is 10.6. The summed E-state index contributed by atoms with van der Waals surface area (Å²) in [5.74, 6) is -1.96. The van der Waals surface area contributed by atoms with E-state index in [1.165, 1.54) is 0 Å². The summed E-state index contributed by atoms with van der Waals surface area (Å²) >= 11 is 31.4. The summed E-state index contributed by atoms with van der Waals surface area (Å²) in [5, 5.41) is 32.3. The lowest BCUT2D eigenvalue weighted by Crippen LogP contribution is -2.10. The Bertz CT molecular complexity index is 3070. The number of hydrogen-bond donors (Lipinski definition) is 0. The first kappa shape index (κ1) is 36.5. The highest BCUT2D eigenvalue weighted by atomic mass is 35.5. The third-order valence-corrected chi connectivity index (χ3v) is 12.9. The van der Waals surface area contributed by atoms with Crippen molar-refractivity contribution in [1.82, 2.24) is 29.1 Å². The van der Waals surface area contributed by atoms with E-state index >= 15 is 0 Å². The smallest absolute Gasteiger partial charge is 0.108 e. The SMILES string of the molecule is N#CC(c1cc(Cl)c(-n2cnc3cnc4ccc(-c5ccsc5)cc4c32)c(Cl)c1)C(C#N)c1cc(Cl)c(-n2cnc3cnc4ccc(-c5ccsc5)cc4c32)c(Cl)c1. The van der Waals surface area contributed by atoms with Gasteiger partial charge in [0.15, 0.2) is 0 Å². The van der Waals surface area contributed by atoms with Crippen LogP contribution in [0, 0.1) is 22.7 Å². The summed E-state index contributed by atoms with van der Waals surface area (Å²) in [6.45, 7) is 0. The van der Waals surface area contributed by atoms with Crippen molar-refractivity contribution < 1.29 is 0 Å². The number of fused-ring (bicyclic) bond motifs is 6. The third-order valence-electron chi connectivity index (χ3n) is 10.3. The fraction of sp³-hybridized carbons (Fsp3) is 0.0455. The number of halogens is 4. The van der Waals surface area contributed by atoms with Crippen LogP contribution in [0.3, 0.4) is 0 Å². The van der Waals surface area contributed by atoms with E-state index < -0.39 is 11.8 Å². The first-order valence-corrected chi connectivity index (χ1v) is 21.1. The average Bonchev–Trinajstić information content (AvgIpc) is 4.07. The predicted octanol–water partition coefficient (Wildman–Crippen LogP) is 13.4. The molecule has 0 saturated heterocycles. The van der Waals surface area contributed by atoms with E-state index in [0.29, 0.717) is 33.5 Å². The number of aromatic nitrogens is 6. The van der Waals surface area contributed by atoms with Gasteiger partial charge in [0.2, 0.25) is 0 Å². The number of pyridine rings is 2. The molecule has 0 aliphatic carbocycles. The van der Waals surface area contributed by atoms with E-state index in [0.717, 1.165) is 55.1 Å². The van der Waals surface area contributed by atoms with Crippen LogP contribution in [-0.4, -0.2) is 29.1 Å². The molecule has 10 rings (SSSR count). The fourth-order valence-corrected chi connectivity index (χ4v) is 10.3. The highest BCUT2D eigenvalue weighted by Gasteiger charge is 2.29. The van der Waals surface area contributed by atoms with Gasteiger partial charge < -0.3 is 0 Å². The van der Waals surface area contributed by atoms with Crippen LogP contribution in [-0.2, 0) is 0 Å². The molecule has 6 aromatic heterocycles. The van der Waals surface area contributed by atoms with E-state index in [9.17, 15) is 10.5 Å². The number of nitrogens with zero attached hydrogens (tertiary/aromatic N) is 8. The normalized spacial score (nSPS) is 12.7. The maximum Gasteiger partial charge on any atom is 0.108 e. The van der Waals surface area contributed by atoms with Gasteiger partial charge in [-0.05, 0) is 116 Å². The van der Waals surface area contributed by atoms with Gasteiger partial charge in [-0.1, -0.05) is 58.5 Å². The molecule has 10 aromatic rings. The Morgan fingerprint density at radius 3 is 1.28 bits per heavy atom. The van der Waals surface area contributed by atoms with Gasteiger partial charge in [-0.15, -0.1) is 0 Å². The zero-order valence-electron chi connectivity index (χ0n) is 29.6. The molecule has 0 N–H and O–H groups in total. The molecule has 0 aliphatic rings. The minimum absolute atomic E-state index is 0.278. The molecule has 0 fully saturated rings. The van der Waals surface area contributed by atoms with Crippen LogP contribution in [0.4, 0.5) is 0 Å². The Kier molecular flexibility index (Phi) is 9.15. The number of thiophene rings is 2. The number of benzene rings is 4. The lowest BCUT2D eigenvalue weighted by atomic mass is 9.83. The van der Waals surface area contributed by atoms with E-state index in [1.54, 1.807) is 72.0 Å². The van der Waals surface area contributed by atoms with E-state index in [1.807, 2.05) is 44.2 Å². The van der Waals surface area contributed by atoms with E-state index in [2.05, 4.69) is 67.1 Å². The first-order chi connectivity index (χ1) is 28.3. The van der Waals surface area contributed by atoms with Gasteiger partial charge in [0.25, 0.3) is 0 Å². The molecule has 0 aliphatic heterocycles. The van der Waals surface area contributed by atoms with Gasteiger partial charge in [0, 0.05) is 10.8 Å². The molecule has 58 heavy (non-hydrogen) atoms. The number of rotatable bonds is 7. The molecule has 2 atom stereocenters. The molecule has 4 aromatic carbocycles. The summed E-state index contributed by atoms with van der Waals surface area (Å²) in [4.78, 5) is 18.5. The van der Waals surface area contributed by atoms with Gasteiger partial charge in [0.1, 0.15) is 23.7 Å². The molecule has 0 saturated carbocycles. The van der Waals surface area contributed by atoms with Crippen molar-refractivity contribution in [3.63, 3.8) is 0 Å². The summed E-state index contributed by atoms with van der Waals surface area (Å²) in [6.07, 6.45) is 6.76. The second-order valence-corrected chi connectivity index (χ2v) is 16.8. The minimum Gasteiger partial charge on any atom is -0.295 e. The van der Waals surface area contributed by atoms with Crippen molar-refractivity contribution in [3.8, 4) is 45.8 Å². The van der Waals surface area contributed by atoms with Crippen LogP contribution in [0.25, 0.3) is 77.5 Å². The minimum atomic E-state index is -0.982. The van der Waals surface area contributed by atoms with Crippen LogP contribution in [0.5, 0.6) is 0 Å². The van der Waals surface area contributed by atoms with Crippen LogP contribution in [0.2, 0.25) is 20.1 Å². The molecule has 0 spiro atoms. The van der Waals surface area contributed by atoms with Crippen molar-refractivity contribution in [2.24, 2.45) is 0 Å². The standard InChI is InChI=1S/C44H22Cl4N8S2/c45-33-11-27(12-34(46)43(33)55-21-53-39-17-51-37-3-1-23(9-29(37)41(39)55)25-5-7-57-19-25)31(15-49)32(16-50)28-13-35(47)44(36(48)14-28)56-22-54-40-18-52-38-4-2-24(10-30(38)42(40)56)26-6-8-58-20-26/h1-14,17-22,31-32H. The molecule has 14 heteroatoms. The molecule has 0 radical (unpaired) electrons. The molecular weight excluding hydrogens is 846 g/mol. The Morgan fingerprint density at radius 1 is 0.500 bits per heavy atom. The lowest BCUT2D eigenvalue weighted by Gasteiger charge is -2.20. The third kappa shape index (κ3) is 6.00. The zero-order chi connectivity index (χ0) is 39.7. The number of hydrogen-bond acceptors (Lipinski definition) is 8. The van der Waals surface area contributed by atoms with Gasteiger partial charge in [-0.2, -0.15) is 33.2 Å². The van der Waals surface area contributed by atoms with Crippen LogP contribution >= 0.6 is 69.1 Å². The molecule has 2 unspecified atom stereocenters. The van der Waals surface area contributed by atoms with Crippen molar-refractivity contribution in [3.05, 3.63) is 151 Å². The predicted molar refractivity (Wildman–Crippen MR) is 236 cm³/mol. The molecular formula is C44H22Cl4N8S2. The van der Waals surface area contributed by atoms with Gasteiger partial charge in [-0.3, -0.25) is 19.1 Å². The second-order valence-electron chi connectivity index (χ2n) is 13.6. The topological polar surface area (TPSA) is 109 Å². The number of nitriles is 2. The highest BCUT2D eigenvalue weighted by Crippen LogP contribution is 2.43. The van der Waals surface area contributed by atoms with E-state index in [4.69, 9.17) is 46.4 Å². The number of imidazole rings is 2. The molecule has 8 nitrogen and oxygen atoms in total. The van der Waals surface area contributed by atoms with Crippen LogP contribution in [0.15, 0.2) is 119 Å².